The summed E-state index contributed by atoms with van der Waals surface area (Å²) in [5.74, 6) is -0.965. The number of esters is 3. The second kappa shape index (κ2) is 56.4. The molecule has 0 bridgehead atoms. The van der Waals surface area contributed by atoms with E-state index in [4.69, 9.17) is 14.2 Å². The molecule has 1 atom stereocenters. The molecule has 0 aliphatic rings. The minimum atomic E-state index is -0.798. The van der Waals surface area contributed by atoms with Crippen LogP contribution in [0.15, 0.2) is 122 Å². The van der Waals surface area contributed by atoms with Crippen LogP contribution in [0.1, 0.15) is 239 Å². The number of ether oxygens (including phenoxy) is 3. The van der Waals surface area contributed by atoms with Crippen LogP contribution in [0.5, 0.6) is 0 Å². The van der Waals surface area contributed by atoms with E-state index in [-0.39, 0.29) is 31.1 Å². The summed E-state index contributed by atoms with van der Waals surface area (Å²) in [5.41, 5.74) is 0. The van der Waals surface area contributed by atoms with Gasteiger partial charge in [-0.3, -0.25) is 14.4 Å². The van der Waals surface area contributed by atoms with Gasteiger partial charge in [0, 0.05) is 19.3 Å². The minimum absolute atomic E-state index is 0.0970. The van der Waals surface area contributed by atoms with Gasteiger partial charge in [0.15, 0.2) is 6.10 Å². The lowest BCUT2D eigenvalue weighted by Gasteiger charge is -2.18. The molecular formula is C63H102O6. The normalized spacial score (nSPS) is 13.0. The first-order valence-electron chi connectivity index (χ1n) is 28.0. The van der Waals surface area contributed by atoms with Crippen LogP contribution < -0.4 is 0 Å². The number of hydrogen-bond donors (Lipinski definition) is 0. The zero-order chi connectivity index (χ0) is 50.0. The highest BCUT2D eigenvalue weighted by molar-refractivity contribution is 5.71. The van der Waals surface area contributed by atoms with Crippen molar-refractivity contribution in [2.75, 3.05) is 13.2 Å². The Morgan fingerprint density at radius 1 is 0.304 bits per heavy atom. The third kappa shape index (κ3) is 54.6. The van der Waals surface area contributed by atoms with Crippen LogP contribution in [0.4, 0.5) is 0 Å². The first-order valence-corrected chi connectivity index (χ1v) is 28.0. The smallest absolute Gasteiger partial charge is 0.306 e. The van der Waals surface area contributed by atoms with E-state index in [1.165, 1.54) is 70.6 Å². The third-order valence-corrected chi connectivity index (χ3v) is 11.5. The molecule has 0 aromatic carbocycles. The Balaban J connectivity index is 4.24. The Morgan fingerprint density at radius 2 is 0.565 bits per heavy atom. The molecule has 0 heterocycles. The van der Waals surface area contributed by atoms with E-state index in [1.54, 1.807) is 0 Å². The molecule has 0 aliphatic heterocycles. The fourth-order valence-electron chi connectivity index (χ4n) is 7.25. The molecule has 0 radical (unpaired) electrons. The molecule has 0 rings (SSSR count). The molecule has 0 amide bonds. The molecule has 6 heteroatoms. The van der Waals surface area contributed by atoms with Gasteiger partial charge in [-0.1, -0.05) is 226 Å². The van der Waals surface area contributed by atoms with E-state index < -0.39 is 6.10 Å². The average Bonchev–Trinajstić information content (AvgIpc) is 3.35. The lowest BCUT2D eigenvalue weighted by molar-refractivity contribution is -0.167. The monoisotopic (exact) mass is 955 g/mol. The van der Waals surface area contributed by atoms with Crippen molar-refractivity contribution in [3.05, 3.63) is 122 Å². The first kappa shape index (κ1) is 64.8. The van der Waals surface area contributed by atoms with E-state index in [9.17, 15) is 14.4 Å². The molecule has 0 fully saturated rings. The molecule has 0 aliphatic carbocycles. The van der Waals surface area contributed by atoms with Gasteiger partial charge < -0.3 is 14.2 Å². The van der Waals surface area contributed by atoms with Gasteiger partial charge in [0.2, 0.25) is 0 Å². The van der Waals surface area contributed by atoms with Crippen molar-refractivity contribution in [3.8, 4) is 0 Å². The molecule has 0 saturated heterocycles. The van der Waals surface area contributed by atoms with Crippen molar-refractivity contribution >= 4 is 17.9 Å². The van der Waals surface area contributed by atoms with Crippen LogP contribution in [-0.4, -0.2) is 37.2 Å². The van der Waals surface area contributed by atoms with Gasteiger partial charge in [-0.05, 0) is 116 Å². The van der Waals surface area contributed by atoms with E-state index in [1.807, 2.05) is 0 Å². The molecular weight excluding hydrogens is 853 g/mol. The summed E-state index contributed by atoms with van der Waals surface area (Å²) in [6.07, 6.45) is 78.0. The van der Waals surface area contributed by atoms with Gasteiger partial charge in [-0.25, -0.2) is 0 Å². The minimum Gasteiger partial charge on any atom is -0.462 e. The SMILES string of the molecule is CC/C=C\C/C=C\C/C=C\C/C=C\C/C=C\C/C=C\C/C=C\C/C=C\CCCCC(=O)OCC(COC(=O)CCCCCCC)OC(=O)CCCCCCCCCCC/C=C\C/C=C\CCCCC. The van der Waals surface area contributed by atoms with Gasteiger partial charge in [0.05, 0.1) is 0 Å². The summed E-state index contributed by atoms with van der Waals surface area (Å²) in [6.45, 7) is 6.37. The average molecular weight is 956 g/mol. The zero-order valence-corrected chi connectivity index (χ0v) is 44.5. The summed E-state index contributed by atoms with van der Waals surface area (Å²) >= 11 is 0. The molecule has 0 saturated carbocycles. The zero-order valence-electron chi connectivity index (χ0n) is 44.5. The van der Waals surface area contributed by atoms with Crippen molar-refractivity contribution in [3.63, 3.8) is 0 Å². The Hall–Kier alpha value is -4.19. The predicted octanol–water partition coefficient (Wildman–Crippen LogP) is 18.9. The molecule has 0 N–H and O–H groups in total. The first-order chi connectivity index (χ1) is 34.0. The van der Waals surface area contributed by atoms with Crippen LogP contribution in [0.3, 0.4) is 0 Å². The van der Waals surface area contributed by atoms with Gasteiger partial charge in [0.1, 0.15) is 13.2 Å². The van der Waals surface area contributed by atoms with E-state index >= 15 is 0 Å². The Morgan fingerprint density at radius 3 is 0.942 bits per heavy atom. The second-order valence-electron chi connectivity index (χ2n) is 18.1. The standard InChI is InChI=1S/C63H102O6/c1-4-7-10-13-15-17-19-21-23-25-27-28-29-30-31-32-33-34-36-37-39-41-43-45-47-50-53-56-62(65)68-59-60(58-67-61(64)55-52-49-12-9-6-3)69-63(66)57-54-51-48-46-44-42-40-38-35-26-24-22-20-18-16-14-11-8-5-2/h7,10,15-18,21-24,27-28,30-31,33-34,37,39,43,45,60H,4-6,8-9,11-14,19-20,25-26,29,32,35-36,38,40-42,44,46-59H2,1-3H3/b10-7-,17-15-,18-16-,23-21-,24-22-,28-27-,31-30-,34-33-,39-37-,45-43-. The van der Waals surface area contributed by atoms with Gasteiger partial charge in [-0.15, -0.1) is 0 Å². The number of carbonyl (C=O) groups excluding carboxylic acids is 3. The van der Waals surface area contributed by atoms with Crippen molar-refractivity contribution in [1.29, 1.82) is 0 Å². The lowest BCUT2D eigenvalue weighted by Crippen LogP contribution is -2.30. The fraction of sp³-hybridized carbons (Fsp3) is 0.635. The van der Waals surface area contributed by atoms with Crippen molar-refractivity contribution in [2.45, 2.75) is 245 Å². The summed E-state index contributed by atoms with van der Waals surface area (Å²) in [6, 6.07) is 0. The molecule has 0 aromatic rings. The van der Waals surface area contributed by atoms with Crippen LogP contribution in [-0.2, 0) is 28.6 Å². The molecule has 1 unspecified atom stereocenters. The maximum Gasteiger partial charge on any atom is 0.306 e. The largest absolute Gasteiger partial charge is 0.462 e. The number of hydrogen-bond acceptors (Lipinski definition) is 6. The Kier molecular flexibility index (Phi) is 53.0. The summed E-state index contributed by atoms with van der Waals surface area (Å²) in [7, 11) is 0. The molecule has 0 spiro atoms. The maximum absolute atomic E-state index is 12.8. The highest BCUT2D eigenvalue weighted by atomic mass is 16.6. The Bertz CT molecular complexity index is 1470. The summed E-state index contributed by atoms with van der Waals surface area (Å²) < 4.78 is 16.7. The quantitative estimate of drug-likeness (QED) is 0.0262. The topological polar surface area (TPSA) is 78.9 Å². The van der Waals surface area contributed by atoms with Crippen LogP contribution >= 0.6 is 0 Å². The van der Waals surface area contributed by atoms with Gasteiger partial charge in [0.25, 0.3) is 0 Å². The Labute approximate surface area is 424 Å². The summed E-state index contributed by atoms with van der Waals surface area (Å²) in [5, 5.41) is 0. The lowest BCUT2D eigenvalue weighted by atomic mass is 10.1. The van der Waals surface area contributed by atoms with E-state index in [0.29, 0.717) is 25.7 Å². The van der Waals surface area contributed by atoms with Gasteiger partial charge in [-0.2, -0.15) is 0 Å². The molecule has 6 nitrogen and oxygen atoms in total. The maximum atomic E-state index is 12.8. The summed E-state index contributed by atoms with van der Waals surface area (Å²) in [4.78, 5) is 37.8. The molecule has 0 aromatic heterocycles. The number of rotatable bonds is 49. The van der Waals surface area contributed by atoms with Crippen molar-refractivity contribution < 1.29 is 28.6 Å². The third-order valence-electron chi connectivity index (χ3n) is 11.5. The highest BCUT2D eigenvalue weighted by Crippen LogP contribution is 2.14. The fourth-order valence-corrected chi connectivity index (χ4v) is 7.25. The van der Waals surface area contributed by atoms with Crippen molar-refractivity contribution in [2.24, 2.45) is 0 Å². The van der Waals surface area contributed by atoms with Crippen molar-refractivity contribution in [1.82, 2.24) is 0 Å². The van der Waals surface area contributed by atoms with Crippen LogP contribution in [0.25, 0.3) is 0 Å². The highest BCUT2D eigenvalue weighted by Gasteiger charge is 2.19. The number of carbonyl (C=O) groups is 3. The van der Waals surface area contributed by atoms with E-state index in [0.717, 1.165) is 122 Å². The van der Waals surface area contributed by atoms with Gasteiger partial charge >= 0.3 is 17.9 Å². The van der Waals surface area contributed by atoms with Crippen LogP contribution in [0.2, 0.25) is 0 Å². The number of allylic oxidation sites excluding steroid dienone is 20. The molecule has 69 heavy (non-hydrogen) atoms. The number of unbranched alkanes of at least 4 members (excludes halogenated alkanes) is 18. The van der Waals surface area contributed by atoms with Crippen LogP contribution in [0, 0.1) is 0 Å². The molecule has 390 valence electrons. The predicted molar refractivity (Wildman–Crippen MR) is 297 cm³/mol. The van der Waals surface area contributed by atoms with E-state index in [2.05, 4.69) is 142 Å². The second-order valence-corrected chi connectivity index (χ2v) is 18.1.